The van der Waals surface area contributed by atoms with E-state index in [9.17, 15) is 14.4 Å². The number of imide groups is 1. The first-order valence-electron chi connectivity index (χ1n) is 9.59. The Bertz CT molecular complexity index is 551. The summed E-state index contributed by atoms with van der Waals surface area (Å²) >= 11 is 0. The van der Waals surface area contributed by atoms with E-state index in [4.69, 9.17) is 5.73 Å². The Hall–Kier alpha value is -1.34. The molecule has 1 aliphatic heterocycles. The van der Waals surface area contributed by atoms with Gasteiger partial charge in [0.15, 0.2) is 0 Å². The molecule has 2 atom stereocenters. The average molecular weight is 387 g/mol. The summed E-state index contributed by atoms with van der Waals surface area (Å²) in [4.78, 5) is 40.7. The molecular weight excluding hydrogens is 356 g/mol. The second-order valence-corrected chi connectivity index (χ2v) is 7.78. The maximum Gasteiger partial charge on any atom is 0.327 e. The Morgan fingerprint density at radius 3 is 2.46 bits per heavy atom. The monoisotopic (exact) mass is 386 g/mol. The van der Waals surface area contributed by atoms with Crippen LogP contribution in [0.15, 0.2) is 0 Å². The molecule has 4 amide bonds. The van der Waals surface area contributed by atoms with Gasteiger partial charge in [0.2, 0.25) is 5.91 Å². The predicted octanol–water partition coefficient (Wildman–Crippen LogP) is 1.64. The molecule has 0 aromatic carbocycles. The standard InChI is InChI=1S/C18H30N4O3.ClH/c1-21-17(25)22(16(24)18(21)9-5-2-6-10-18)12-15(23)20-14-8-4-3-7-13(14)11-19;/h13-14H,2-12,19H2,1H3,(H,20,23);1H. The van der Waals surface area contributed by atoms with E-state index in [0.717, 1.165) is 49.8 Å². The normalized spacial score (nSPS) is 28.2. The third-order valence-electron chi connectivity index (χ3n) is 6.34. The zero-order chi connectivity index (χ0) is 18.0. The first-order chi connectivity index (χ1) is 12.0. The minimum absolute atomic E-state index is 0. The third-order valence-corrected chi connectivity index (χ3v) is 6.34. The molecule has 0 radical (unpaired) electrons. The second kappa shape index (κ2) is 8.57. The number of carbonyl (C=O) groups is 3. The van der Waals surface area contributed by atoms with Crippen LogP contribution in [0.1, 0.15) is 57.8 Å². The van der Waals surface area contributed by atoms with E-state index >= 15 is 0 Å². The van der Waals surface area contributed by atoms with Gasteiger partial charge in [-0.3, -0.25) is 14.5 Å². The summed E-state index contributed by atoms with van der Waals surface area (Å²) in [7, 11) is 1.69. The molecule has 8 heteroatoms. The number of urea groups is 1. The van der Waals surface area contributed by atoms with Gasteiger partial charge in [0.05, 0.1) is 0 Å². The Balaban J connectivity index is 0.00000243. The highest BCUT2D eigenvalue weighted by Gasteiger charge is 2.55. The van der Waals surface area contributed by atoms with Crippen LogP contribution in [0.5, 0.6) is 0 Å². The summed E-state index contributed by atoms with van der Waals surface area (Å²) in [5.41, 5.74) is 5.09. The third kappa shape index (κ3) is 3.69. The number of rotatable bonds is 4. The van der Waals surface area contributed by atoms with Crippen LogP contribution in [0.2, 0.25) is 0 Å². The SMILES string of the molecule is CN1C(=O)N(CC(=O)NC2CCCCC2CN)C(=O)C12CCCCC2.Cl. The molecule has 3 aliphatic rings. The molecule has 3 N–H and O–H groups in total. The van der Waals surface area contributed by atoms with E-state index in [1.165, 1.54) is 0 Å². The number of amides is 4. The topological polar surface area (TPSA) is 95.7 Å². The van der Waals surface area contributed by atoms with E-state index in [-0.39, 0.29) is 48.8 Å². The van der Waals surface area contributed by atoms with Crippen molar-refractivity contribution in [3.63, 3.8) is 0 Å². The minimum Gasteiger partial charge on any atom is -0.351 e. The highest BCUT2D eigenvalue weighted by atomic mass is 35.5. The van der Waals surface area contributed by atoms with Crippen LogP contribution >= 0.6 is 12.4 Å². The van der Waals surface area contributed by atoms with Gasteiger partial charge < -0.3 is 16.0 Å². The molecule has 2 saturated carbocycles. The minimum atomic E-state index is -0.722. The molecule has 26 heavy (non-hydrogen) atoms. The molecular formula is C18H31ClN4O3. The smallest absolute Gasteiger partial charge is 0.327 e. The number of nitrogens with one attached hydrogen (secondary N) is 1. The summed E-state index contributed by atoms with van der Waals surface area (Å²) in [6.45, 7) is 0.371. The van der Waals surface area contributed by atoms with Gasteiger partial charge in [-0.2, -0.15) is 0 Å². The van der Waals surface area contributed by atoms with Crippen molar-refractivity contribution < 1.29 is 14.4 Å². The maximum atomic E-state index is 12.9. The molecule has 3 fully saturated rings. The van der Waals surface area contributed by atoms with Crippen LogP contribution in [0.4, 0.5) is 4.79 Å². The zero-order valence-corrected chi connectivity index (χ0v) is 16.4. The van der Waals surface area contributed by atoms with E-state index in [1.807, 2.05) is 0 Å². The van der Waals surface area contributed by atoms with Crippen molar-refractivity contribution in [3.8, 4) is 0 Å². The van der Waals surface area contributed by atoms with Gasteiger partial charge in [-0.25, -0.2) is 4.79 Å². The molecule has 1 heterocycles. The van der Waals surface area contributed by atoms with Gasteiger partial charge >= 0.3 is 6.03 Å². The van der Waals surface area contributed by atoms with Crippen molar-refractivity contribution in [2.75, 3.05) is 20.1 Å². The largest absolute Gasteiger partial charge is 0.351 e. The van der Waals surface area contributed by atoms with Gasteiger partial charge in [0.1, 0.15) is 12.1 Å². The number of likely N-dealkylation sites (N-methyl/N-ethyl adjacent to an activating group) is 1. The fourth-order valence-electron chi connectivity index (χ4n) is 4.75. The fraction of sp³-hybridized carbons (Fsp3) is 0.833. The lowest BCUT2D eigenvalue weighted by Gasteiger charge is -2.35. The second-order valence-electron chi connectivity index (χ2n) is 7.78. The fourth-order valence-corrected chi connectivity index (χ4v) is 4.75. The number of nitrogens with zero attached hydrogens (tertiary/aromatic N) is 2. The number of nitrogens with two attached hydrogens (primary N) is 1. The molecule has 0 aromatic rings. The zero-order valence-electron chi connectivity index (χ0n) is 15.5. The molecule has 1 spiro atoms. The van der Waals surface area contributed by atoms with Crippen molar-refractivity contribution in [2.24, 2.45) is 11.7 Å². The van der Waals surface area contributed by atoms with Crippen LogP contribution in [0.25, 0.3) is 0 Å². The summed E-state index contributed by atoms with van der Waals surface area (Å²) in [6, 6.07) is -0.290. The van der Waals surface area contributed by atoms with E-state index in [1.54, 1.807) is 11.9 Å². The van der Waals surface area contributed by atoms with E-state index in [2.05, 4.69) is 5.32 Å². The highest BCUT2D eigenvalue weighted by Crippen LogP contribution is 2.39. The molecule has 0 aromatic heterocycles. The number of hydrogen-bond donors (Lipinski definition) is 2. The van der Waals surface area contributed by atoms with E-state index < -0.39 is 5.54 Å². The van der Waals surface area contributed by atoms with E-state index in [0.29, 0.717) is 19.4 Å². The first-order valence-corrected chi connectivity index (χ1v) is 9.59. The lowest BCUT2D eigenvalue weighted by Crippen LogP contribution is -2.50. The predicted molar refractivity (Wildman–Crippen MR) is 101 cm³/mol. The molecule has 148 valence electrons. The van der Waals surface area contributed by atoms with Crippen molar-refractivity contribution in [1.82, 2.24) is 15.1 Å². The van der Waals surface area contributed by atoms with Gasteiger partial charge in [-0.05, 0) is 38.1 Å². The molecule has 2 aliphatic carbocycles. The maximum absolute atomic E-state index is 12.9. The summed E-state index contributed by atoms with van der Waals surface area (Å²) < 4.78 is 0. The van der Waals surface area contributed by atoms with Gasteiger partial charge in [0, 0.05) is 13.1 Å². The highest BCUT2D eigenvalue weighted by molar-refractivity contribution is 6.08. The van der Waals surface area contributed by atoms with Crippen LogP contribution in [-0.2, 0) is 9.59 Å². The van der Waals surface area contributed by atoms with Crippen LogP contribution < -0.4 is 11.1 Å². The van der Waals surface area contributed by atoms with Crippen molar-refractivity contribution in [1.29, 1.82) is 0 Å². The summed E-state index contributed by atoms with van der Waals surface area (Å²) in [5.74, 6) is -0.169. The lowest BCUT2D eigenvalue weighted by atomic mass is 9.81. The number of carbonyl (C=O) groups excluding carboxylic acids is 3. The number of hydrogen-bond acceptors (Lipinski definition) is 4. The quantitative estimate of drug-likeness (QED) is 0.718. The van der Waals surface area contributed by atoms with Gasteiger partial charge in [-0.1, -0.05) is 32.1 Å². The Labute approximate surface area is 161 Å². The van der Waals surface area contributed by atoms with Crippen molar-refractivity contribution in [3.05, 3.63) is 0 Å². The summed E-state index contributed by atoms with van der Waals surface area (Å²) in [6.07, 6.45) is 8.55. The summed E-state index contributed by atoms with van der Waals surface area (Å²) in [5, 5.41) is 3.01. The van der Waals surface area contributed by atoms with Crippen LogP contribution in [0, 0.1) is 5.92 Å². The Morgan fingerprint density at radius 2 is 1.81 bits per heavy atom. The molecule has 1 saturated heterocycles. The van der Waals surface area contributed by atoms with Crippen LogP contribution in [0.3, 0.4) is 0 Å². The molecule has 0 bridgehead atoms. The van der Waals surface area contributed by atoms with Crippen molar-refractivity contribution in [2.45, 2.75) is 69.4 Å². The van der Waals surface area contributed by atoms with Gasteiger partial charge in [-0.15, -0.1) is 12.4 Å². The van der Waals surface area contributed by atoms with Crippen LogP contribution in [-0.4, -0.2) is 59.4 Å². The van der Waals surface area contributed by atoms with Gasteiger partial charge in [0.25, 0.3) is 5.91 Å². The number of halogens is 1. The molecule has 2 unspecified atom stereocenters. The first kappa shape index (κ1) is 21.0. The lowest BCUT2D eigenvalue weighted by molar-refractivity contribution is -0.137. The molecule has 7 nitrogen and oxygen atoms in total. The molecule has 3 rings (SSSR count). The Morgan fingerprint density at radius 1 is 1.15 bits per heavy atom. The average Bonchev–Trinajstić information content (AvgIpc) is 2.79. The Kier molecular flexibility index (Phi) is 6.91. The van der Waals surface area contributed by atoms with Crippen molar-refractivity contribution >= 4 is 30.3 Å².